The molecule has 1 fully saturated rings. The first kappa shape index (κ1) is 30.2. The highest BCUT2D eigenvalue weighted by molar-refractivity contribution is 6.35. The summed E-state index contributed by atoms with van der Waals surface area (Å²) in [5, 5.41) is 8.86. The van der Waals surface area contributed by atoms with Crippen molar-refractivity contribution in [2.75, 3.05) is 48.7 Å². The molecule has 0 unspecified atom stereocenters. The van der Waals surface area contributed by atoms with E-state index in [-0.39, 0.29) is 23.6 Å². The van der Waals surface area contributed by atoms with Crippen molar-refractivity contribution in [3.8, 4) is 0 Å². The molecule has 1 saturated heterocycles. The number of amides is 2. The number of nitrogens with zero attached hydrogens (tertiary/aromatic N) is 2. The smallest absolute Gasteiger partial charge is 0.362 e. The fraction of sp³-hybridized carbons (Fsp3) is 0.235. The van der Waals surface area contributed by atoms with E-state index in [2.05, 4.69) is 32.8 Å². The standard InChI is InChI=1S/C34H33F3N6O2/c1-2-42-13-15-43(16-14-42)21-23-9-8-22(17-30(23)34(35,36)37)32(44)40-26-6-3-5-25(18-26)39-27-10-11-28-29(19-24-7-4-12-38-24)33(45)41-31(28)20-27/h3-12,17-20,38-39H,2,13-16,21H2,1H3,(H,40,44)(H,41,45). The van der Waals surface area contributed by atoms with Crippen LogP contribution < -0.4 is 16.0 Å². The van der Waals surface area contributed by atoms with E-state index < -0.39 is 17.6 Å². The number of halogens is 3. The Kier molecular flexibility index (Phi) is 8.46. The second-order valence-corrected chi connectivity index (χ2v) is 11.1. The lowest BCUT2D eigenvalue weighted by atomic mass is 10.0. The molecular formula is C34H33F3N6O2. The highest BCUT2D eigenvalue weighted by Gasteiger charge is 2.35. The molecule has 0 bridgehead atoms. The number of fused-ring (bicyclic) bond motifs is 1. The number of aromatic amines is 1. The minimum absolute atomic E-state index is 0.0715. The van der Waals surface area contributed by atoms with Gasteiger partial charge in [-0.3, -0.25) is 14.5 Å². The minimum Gasteiger partial charge on any atom is -0.362 e. The fourth-order valence-electron chi connectivity index (χ4n) is 5.67. The quantitative estimate of drug-likeness (QED) is 0.167. The molecule has 2 aliphatic rings. The molecule has 8 nitrogen and oxygen atoms in total. The minimum atomic E-state index is -4.59. The maximum Gasteiger partial charge on any atom is 0.416 e. The largest absolute Gasteiger partial charge is 0.416 e. The van der Waals surface area contributed by atoms with Crippen molar-refractivity contribution < 1.29 is 22.8 Å². The first-order valence-electron chi connectivity index (χ1n) is 14.8. The van der Waals surface area contributed by atoms with Gasteiger partial charge in [-0.25, -0.2) is 0 Å². The Morgan fingerprint density at radius 1 is 0.911 bits per heavy atom. The van der Waals surface area contributed by atoms with Gasteiger partial charge in [0.2, 0.25) is 0 Å². The van der Waals surface area contributed by atoms with E-state index in [0.29, 0.717) is 41.4 Å². The lowest BCUT2D eigenvalue weighted by Crippen LogP contribution is -2.45. The highest BCUT2D eigenvalue weighted by Crippen LogP contribution is 2.36. The van der Waals surface area contributed by atoms with Gasteiger partial charge in [0.05, 0.1) is 16.8 Å². The summed E-state index contributed by atoms with van der Waals surface area (Å²) in [6.07, 6.45) is -1.01. The van der Waals surface area contributed by atoms with Crippen molar-refractivity contribution in [3.05, 3.63) is 107 Å². The summed E-state index contributed by atoms with van der Waals surface area (Å²) in [6.45, 7) is 6.21. The molecule has 0 saturated carbocycles. The van der Waals surface area contributed by atoms with Gasteiger partial charge in [0.25, 0.3) is 11.8 Å². The van der Waals surface area contributed by atoms with Crippen LogP contribution in [0.2, 0.25) is 0 Å². The summed E-state index contributed by atoms with van der Waals surface area (Å²) < 4.78 is 42.2. The van der Waals surface area contributed by atoms with E-state index in [1.54, 1.807) is 36.5 Å². The molecule has 45 heavy (non-hydrogen) atoms. The molecule has 4 N–H and O–H groups in total. The SMILES string of the molecule is CCN1CCN(Cc2ccc(C(=O)Nc3cccc(Nc4ccc5c(c4)NC(=O)C5=Cc4ccc[nH]4)c3)cc2C(F)(F)F)CC1. The van der Waals surface area contributed by atoms with Crippen molar-refractivity contribution in [1.29, 1.82) is 0 Å². The Morgan fingerprint density at radius 3 is 2.40 bits per heavy atom. The number of nitrogens with one attached hydrogen (secondary N) is 4. The maximum absolute atomic E-state index is 14.1. The Morgan fingerprint density at radius 2 is 1.67 bits per heavy atom. The van der Waals surface area contributed by atoms with Crippen molar-refractivity contribution in [2.24, 2.45) is 0 Å². The first-order valence-corrected chi connectivity index (χ1v) is 14.8. The van der Waals surface area contributed by atoms with Gasteiger partial charge in [-0.15, -0.1) is 0 Å². The number of alkyl halides is 3. The van der Waals surface area contributed by atoms with Crippen LogP contribution in [-0.4, -0.2) is 59.3 Å². The summed E-state index contributed by atoms with van der Waals surface area (Å²) in [6, 6.07) is 19.9. The summed E-state index contributed by atoms with van der Waals surface area (Å²) in [4.78, 5) is 33.0. The number of rotatable bonds is 8. The van der Waals surface area contributed by atoms with E-state index in [4.69, 9.17) is 0 Å². The van der Waals surface area contributed by atoms with E-state index in [1.807, 2.05) is 35.2 Å². The van der Waals surface area contributed by atoms with Gasteiger partial charge in [-0.05, 0) is 72.8 Å². The van der Waals surface area contributed by atoms with Gasteiger partial charge < -0.3 is 25.8 Å². The maximum atomic E-state index is 14.1. The van der Waals surface area contributed by atoms with Crippen LogP contribution >= 0.6 is 0 Å². The number of hydrogen-bond acceptors (Lipinski definition) is 5. The molecule has 0 aliphatic carbocycles. The summed E-state index contributed by atoms with van der Waals surface area (Å²) in [5.74, 6) is -0.833. The van der Waals surface area contributed by atoms with E-state index >= 15 is 0 Å². The summed E-state index contributed by atoms with van der Waals surface area (Å²) in [5.41, 5.74) is 3.89. The van der Waals surface area contributed by atoms with Crippen LogP contribution in [0.5, 0.6) is 0 Å². The van der Waals surface area contributed by atoms with Gasteiger partial charge in [0, 0.05) is 72.8 Å². The molecule has 2 aliphatic heterocycles. The van der Waals surface area contributed by atoms with Crippen LogP contribution in [0.3, 0.4) is 0 Å². The molecule has 6 rings (SSSR count). The van der Waals surface area contributed by atoms with Gasteiger partial charge in [0.1, 0.15) is 0 Å². The second kappa shape index (κ2) is 12.6. The molecule has 4 aromatic rings. The molecule has 3 aromatic carbocycles. The predicted molar refractivity (Wildman–Crippen MR) is 170 cm³/mol. The Labute approximate surface area is 258 Å². The molecule has 1 aromatic heterocycles. The van der Waals surface area contributed by atoms with E-state index in [0.717, 1.165) is 37.0 Å². The Balaban J connectivity index is 1.14. The number of hydrogen-bond donors (Lipinski definition) is 4. The van der Waals surface area contributed by atoms with Crippen LogP contribution in [0.15, 0.2) is 79.0 Å². The summed E-state index contributed by atoms with van der Waals surface area (Å²) in [7, 11) is 0. The molecule has 232 valence electrons. The van der Waals surface area contributed by atoms with Crippen molar-refractivity contribution in [2.45, 2.75) is 19.6 Å². The number of carbonyl (C=O) groups is 2. The highest BCUT2D eigenvalue weighted by atomic mass is 19.4. The lowest BCUT2D eigenvalue weighted by molar-refractivity contribution is -0.138. The lowest BCUT2D eigenvalue weighted by Gasteiger charge is -2.34. The van der Waals surface area contributed by atoms with Gasteiger partial charge in [0.15, 0.2) is 0 Å². The Bertz CT molecular complexity index is 1740. The van der Waals surface area contributed by atoms with Crippen molar-refractivity contribution in [3.63, 3.8) is 0 Å². The third-order valence-corrected chi connectivity index (χ3v) is 8.12. The average molecular weight is 615 g/mol. The molecule has 11 heteroatoms. The third kappa shape index (κ3) is 6.95. The summed E-state index contributed by atoms with van der Waals surface area (Å²) >= 11 is 0. The molecule has 0 radical (unpaired) electrons. The van der Waals surface area contributed by atoms with Crippen molar-refractivity contribution >= 4 is 46.2 Å². The number of anilines is 4. The molecule has 0 spiro atoms. The number of H-pyrrole nitrogens is 1. The van der Waals surface area contributed by atoms with Gasteiger partial charge in [-0.1, -0.05) is 25.1 Å². The molecule has 2 amide bonds. The van der Waals surface area contributed by atoms with Gasteiger partial charge >= 0.3 is 6.18 Å². The topological polar surface area (TPSA) is 92.5 Å². The zero-order chi connectivity index (χ0) is 31.6. The predicted octanol–water partition coefficient (Wildman–Crippen LogP) is 6.66. The van der Waals surface area contributed by atoms with Gasteiger partial charge in [-0.2, -0.15) is 13.2 Å². The molecule has 0 atom stereocenters. The number of aromatic nitrogens is 1. The van der Waals surface area contributed by atoms with Crippen LogP contribution in [0.25, 0.3) is 11.6 Å². The zero-order valence-corrected chi connectivity index (χ0v) is 24.7. The second-order valence-electron chi connectivity index (χ2n) is 11.1. The fourth-order valence-corrected chi connectivity index (χ4v) is 5.67. The number of likely N-dealkylation sites (N-methyl/N-ethyl adjacent to an activating group) is 1. The monoisotopic (exact) mass is 614 g/mol. The van der Waals surface area contributed by atoms with Crippen molar-refractivity contribution in [1.82, 2.24) is 14.8 Å². The third-order valence-electron chi connectivity index (χ3n) is 8.12. The van der Waals surface area contributed by atoms with Crippen LogP contribution in [-0.2, 0) is 17.5 Å². The number of benzene rings is 3. The average Bonchev–Trinajstić information content (AvgIpc) is 3.64. The molecular weight excluding hydrogens is 581 g/mol. The first-order chi connectivity index (χ1) is 21.7. The van der Waals surface area contributed by atoms with Crippen LogP contribution in [0.4, 0.5) is 35.9 Å². The van der Waals surface area contributed by atoms with Crippen LogP contribution in [0, 0.1) is 0 Å². The Hall–Kier alpha value is -4.87. The van der Waals surface area contributed by atoms with E-state index in [1.165, 1.54) is 12.1 Å². The molecule has 3 heterocycles. The zero-order valence-electron chi connectivity index (χ0n) is 24.7. The van der Waals surface area contributed by atoms with E-state index in [9.17, 15) is 22.8 Å². The number of carbonyl (C=O) groups excluding carboxylic acids is 2. The normalized spacial score (nSPS) is 16.4. The van der Waals surface area contributed by atoms with Crippen LogP contribution in [0.1, 0.15) is 39.7 Å². The number of piperazine rings is 1.